The van der Waals surface area contributed by atoms with Gasteiger partial charge in [0.25, 0.3) is 0 Å². The summed E-state index contributed by atoms with van der Waals surface area (Å²) in [7, 11) is 13.6. The summed E-state index contributed by atoms with van der Waals surface area (Å²) in [6.45, 7) is 5.19. The van der Waals surface area contributed by atoms with Crippen LogP contribution in [0.25, 0.3) is 0 Å². The molecule has 9 rings (SSSR count). The first-order valence-corrected chi connectivity index (χ1v) is 31.6. The molecule has 0 bridgehead atoms. The molecule has 0 radical (unpaired) electrons. The molecule has 3 aromatic heterocycles. The van der Waals surface area contributed by atoms with E-state index in [1.165, 1.54) is 34.0 Å². The van der Waals surface area contributed by atoms with Crippen molar-refractivity contribution in [1.29, 1.82) is 0 Å². The van der Waals surface area contributed by atoms with Gasteiger partial charge in [-0.25, -0.2) is 20.2 Å². The number of likely N-dealkylation sites (N-methyl/N-ethyl adjacent to an activating group) is 3. The number of Topliss-reactive ketones (excluding diaryl/α,β-unsaturated/α-hetero) is 3. The number of carbonyl (C=O) groups is 7. The Balaban J connectivity index is 0.000000199. The predicted octanol–water partition coefficient (Wildman–Crippen LogP) is 12.2. The Kier molecular flexibility index (Phi) is 27.8. The van der Waals surface area contributed by atoms with Crippen molar-refractivity contribution < 1.29 is 47.8 Å². The SMILES string of the molecule is CN(C)CC=O.CN(C)CCN(N)c1ccc(N2C[C@H](CCC(=O)c3ccc(Cl)s3)OC2=O)cc1.CN(C)CCNc1ccc(N2C[C@H](CCC(=O)c3ccc(Cl)s3)OC2=O)cc1.CNc1ccc(N2C[C@H](CCC(=O)c3ccc(Cl)s3)OC2=O)cc1. The fourth-order valence-corrected chi connectivity index (χ4v) is 11.7. The van der Waals surface area contributed by atoms with Gasteiger partial charge in [0.1, 0.15) is 24.6 Å². The minimum Gasteiger partial charge on any atom is -0.444 e. The van der Waals surface area contributed by atoms with Crippen molar-refractivity contribution >= 4 is 145 Å². The quantitative estimate of drug-likeness (QED) is 0.0151. The Morgan fingerprint density at radius 3 is 1.18 bits per heavy atom. The second kappa shape index (κ2) is 34.8. The standard InChI is InChI=1S/C20H25ClN4O3S.C20H24ClN3O3S.C17H17ClN2O3S.C4H9NO/c1-23(2)11-12-25(22)15-5-3-14(4-6-15)24-13-16(28-20(24)27)7-8-17(26)18-9-10-19(21)29-18;1-23(2)12-11-22-14-3-5-15(6-4-14)24-13-16(27-20(24)26)7-8-17(25)18-9-10-19(21)28-18;1-19-11-2-4-12(5-3-11)20-10-13(23-17(20)22)6-7-14(21)15-8-9-16(18)24-15;1-5(2)3-4-6/h3-6,9-10,16H,7-8,11-13,22H2,1-2H3;3-6,9-10,16,22H,7-8,11-13H2,1-2H3;2-5,8-9,13,19H,6-7,10H2,1H3;4H,3H2,1-2H3/t2*16-;13-;/m000./s1. The highest BCUT2D eigenvalue weighted by Crippen LogP contribution is 2.31. The molecule has 4 N–H and O–H groups in total. The number of ketones is 3. The van der Waals surface area contributed by atoms with Crippen LogP contribution in [0.4, 0.5) is 48.5 Å². The maximum absolute atomic E-state index is 12.3. The molecule has 3 atom stereocenters. The number of hydrazine groups is 1. The van der Waals surface area contributed by atoms with Crippen molar-refractivity contribution in [2.75, 3.05) is 132 Å². The summed E-state index contributed by atoms with van der Waals surface area (Å²) in [5, 5.41) is 8.05. The number of aldehydes is 1. The van der Waals surface area contributed by atoms with Gasteiger partial charge in [-0.05, 0) is 171 Å². The molecule has 6 aromatic rings. The predicted molar refractivity (Wildman–Crippen MR) is 352 cm³/mol. The zero-order chi connectivity index (χ0) is 63.2. The lowest BCUT2D eigenvalue weighted by Crippen LogP contribution is -2.37. The van der Waals surface area contributed by atoms with Gasteiger partial charge in [0, 0.05) is 80.9 Å². The van der Waals surface area contributed by atoms with Gasteiger partial charge in [-0.1, -0.05) is 34.8 Å². The van der Waals surface area contributed by atoms with Crippen LogP contribution in [0, 0.1) is 0 Å². The number of cyclic esters (lactones) is 3. The van der Waals surface area contributed by atoms with Crippen LogP contribution in [0.2, 0.25) is 13.0 Å². The maximum atomic E-state index is 12.3. The highest BCUT2D eigenvalue weighted by atomic mass is 35.5. The van der Waals surface area contributed by atoms with Crippen molar-refractivity contribution in [2.45, 2.75) is 56.8 Å². The fraction of sp³-hybridized carbons (Fsp3) is 0.393. The molecule has 3 aliphatic rings. The van der Waals surface area contributed by atoms with Gasteiger partial charge >= 0.3 is 18.3 Å². The zero-order valence-electron chi connectivity index (χ0n) is 49.8. The number of thiophene rings is 3. The molecular formula is C61H75Cl3N10O10S3. The highest BCUT2D eigenvalue weighted by molar-refractivity contribution is 7.18. The van der Waals surface area contributed by atoms with E-state index < -0.39 is 6.09 Å². The van der Waals surface area contributed by atoms with Crippen LogP contribution in [0.5, 0.6) is 0 Å². The fourth-order valence-electron chi connectivity index (χ4n) is 8.69. The molecule has 6 heterocycles. The van der Waals surface area contributed by atoms with E-state index in [0.29, 0.717) is 98.9 Å². The third kappa shape index (κ3) is 22.5. The average Bonchev–Trinajstić information content (AvgIpc) is 4.54. The summed E-state index contributed by atoms with van der Waals surface area (Å²) in [4.78, 5) is 95.3. The van der Waals surface area contributed by atoms with Gasteiger partial charge in [-0.3, -0.25) is 29.1 Å². The first kappa shape index (κ1) is 69.5. The van der Waals surface area contributed by atoms with Crippen molar-refractivity contribution in [3.8, 4) is 0 Å². The summed E-state index contributed by atoms with van der Waals surface area (Å²) >= 11 is 21.4. The Labute approximate surface area is 535 Å². The number of nitrogens with zero attached hydrogens (tertiary/aromatic N) is 7. The van der Waals surface area contributed by atoms with E-state index in [1.807, 2.05) is 127 Å². The lowest BCUT2D eigenvalue weighted by atomic mass is 10.1. The summed E-state index contributed by atoms with van der Waals surface area (Å²) in [6, 6.07) is 33.1. The van der Waals surface area contributed by atoms with Crippen LogP contribution in [-0.2, 0) is 19.0 Å². The third-order valence-corrected chi connectivity index (χ3v) is 17.3. The van der Waals surface area contributed by atoms with Gasteiger partial charge in [0.2, 0.25) is 0 Å². The molecule has 0 aliphatic carbocycles. The van der Waals surface area contributed by atoms with E-state index >= 15 is 0 Å². The zero-order valence-corrected chi connectivity index (χ0v) is 54.5. The monoisotopic (exact) mass is 1310 g/mol. The van der Waals surface area contributed by atoms with Crippen LogP contribution in [0.15, 0.2) is 109 Å². The second-order valence-electron chi connectivity index (χ2n) is 21.1. The number of ether oxygens (including phenoxy) is 3. The number of anilines is 6. The van der Waals surface area contributed by atoms with Gasteiger partial charge in [-0.15, -0.1) is 34.0 Å². The summed E-state index contributed by atoms with van der Waals surface area (Å²) in [6.07, 6.45) is 1.33. The molecule has 468 valence electrons. The van der Waals surface area contributed by atoms with Gasteiger partial charge in [0.15, 0.2) is 17.3 Å². The minimum atomic E-state index is -0.397. The number of halogens is 3. The summed E-state index contributed by atoms with van der Waals surface area (Å²) < 4.78 is 18.0. The van der Waals surface area contributed by atoms with Crippen molar-refractivity contribution in [2.24, 2.45) is 5.84 Å². The molecule has 87 heavy (non-hydrogen) atoms. The van der Waals surface area contributed by atoms with E-state index in [-0.39, 0.29) is 47.8 Å². The Hall–Kier alpha value is -6.64. The van der Waals surface area contributed by atoms with Gasteiger partial charge < -0.3 is 49.3 Å². The number of carbonyl (C=O) groups excluding carboxylic acids is 7. The minimum absolute atomic E-state index is 0.0153. The molecule has 20 nitrogen and oxygen atoms in total. The number of rotatable bonds is 26. The Morgan fingerprint density at radius 1 is 0.529 bits per heavy atom. The normalized spacial score (nSPS) is 16.1. The molecule has 0 saturated carbocycles. The second-order valence-corrected chi connectivity index (χ2v) is 26.2. The van der Waals surface area contributed by atoms with E-state index in [2.05, 4.69) is 20.4 Å². The van der Waals surface area contributed by atoms with E-state index in [0.717, 1.165) is 60.0 Å². The topological polar surface area (TPSA) is 220 Å². The first-order chi connectivity index (χ1) is 41.6. The van der Waals surface area contributed by atoms with Gasteiger partial charge in [0.05, 0.1) is 59.5 Å². The number of hydrogen-bond acceptors (Lipinski definition) is 20. The van der Waals surface area contributed by atoms with Crippen LogP contribution in [0.3, 0.4) is 0 Å². The van der Waals surface area contributed by atoms with Crippen molar-refractivity contribution in [1.82, 2.24) is 14.7 Å². The van der Waals surface area contributed by atoms with E-state index in [9.17, 15) is 33.6 Å². The Bertz CT molecular complexity index is 3200. The lowest BCUT2D eigenvalue weighted by Gasteiger charge is -2.22. The van der Waals surface area contributed by atoms with E-state index in [4.69, 9.17) is 54.9 Å². The van der Waals surface area contributed by atoms with Crippen molar-refractivity contribution in [3.05, 3.63) is 137 Å². The average molecular weight is 1310 g/mol. The number of nitrogens with two attached hydrogens (primary N) is 1. The molecule has 3 amide bonds. The molecule has 3 saturated heterocycles. The highest BCUT2D eigenvalue weighted by Gasteiger charge is 2.35. The maximum Gasteiger partial charge on any atom is 0.414 e. The van der Waals surface area contributed by atoms with Crippen LogP contribution in [0.1, 0.15) is 67.5 Å². The largest absolute Gasteiger partial charge is 0.444 e. The summed E-state index contributed by atoms with van der Waals surface area (Å²) in [5.41, 5.74) is 5.19. The molecular weight excluding hydrogens is 1240 g/mol. The molecule has 3 fully saturated rings. The number of nitrogens with one attached hydrogen (secondary N) is 2. The van der Waals surface area contributed by atoms with Gasteiger partial charge in [-0.2, -0.15) is 0 Å². The smallest absolute Gasteiger partial charge is 0.414 e. The van der Waals surface area contributed by atoms with Crippen LogP contribution in [-0.4, -0.2) is 177 Å². The molecule has 3 aliphatic heterocycles. The third-order valence-electron chi connectivity index (χ3n) is 13.5. The molecule has 0 unspecified atom stereocenters. The summed E-state index contributed by atoms with van der Waals surface area (Å²) in [5.74, 6) is 6.15. The lowest BCUT2D eigenvalue weighted by molar-refractivity contribution is -0.108. The molecule has 26 heteroatoms. The number of amides is 3. The van der Waals surface area contributed by atoms with Crippen LogP contribution < -0.4 is 36.2 Å². The first-order valence-electron chi connectivity index (χ1n) is 28.0. The van der Waals surface area contributed by atoms with E-state index in [1.54, 1.807) is 56.1 Å². The van der Waals surface area contributed by atoms with Crippen molar-refractivity contribution in [3.63, 3.8) is 0 Å². The van der Waals surface area contributed by atoms with Crippen LogP contribution >= 0.6 is 68.8 Å². The molecule has 0 spiro atoms. The Morgan fingerprint density at radius 2 is 0.885 bits per heavy atom. The molecule has 3 aromatic carbocycles. The number of hydrogen-bond donors (Lipinski definition) is 3. The number of benzene rings is 3.